The predicted molar refractivity (Wildman–Crippen MR) is 56.1 cm³/mol. The Morgan fingerprint density at radius 2 is 1.75 bits per heavy atom. The van der Waals surface area contributed by atoms with Crippen molar-refractivity contribution in [2.75, 3.05) is 0 Å². The van der Waals surface area contributed by atoms with Crippen LogP contribution in [0.5, 0.6) is 0 Å². The van der Waals surface area contributed by atoms with Gasteiger partial charge in [0, 0.05) is 17.5 Å². The summed E-state index contributed by atoms with van der Waals surface area (Å²) in [4.78, 5) is 4.18. The highest BCUT2D eigenvalue weighted by molar-refractivity contribution is 5.78. The Morgan fingerprint density at radius 3 is 2.50 bits per heavy atom. The van der Waals surface area contributed by atoms with Gasteiger partial charge in [-0.05, 0) is 18.6 Å². The van der Waals surface area contributed by atoms with Gasteiger partial charge in [0.1, 0.15) is 0 Å². The molecule has 0 amide bonds. The first-order chi connectivity index (χ1) is 7.54. The first-order valence-corrected chi connectivity index (χ1v) is 4.96. The van der Waals surface area contributed by atoms with Gasteiger partial charge in [0.05, 0.1) is 5.52 Å². The van der Waals surface area contributed by atoms with Gasteiger partial charge in [-0.15, -0.1) is 0 Å². The second kappa shape index (κ2) is 4.12. The van der Waals surface area contributed by atoms with Crippen LogP contribution in [0, 0.1) is 0 Å². The van der Waals surface area contributed by atoms with E-state index in [1.165, 1.54) is 0 Å². The summed E-state index contributed by atoms with van der Waals surface area (Å²) in [5.41, 5.74) is 1.22. The lowest BCUT2D eigenvalue weighted by atomic mass is 10.1. The average molecular weight is 225 g/mol. The van der Waals surface area contributed by atoms with E-state index < -0.39 is 12.6 Å². The third-order valence-corrected chi connectivity index (χ3v) is 2.32. The molecule has 1 aromatic heterocycles. The zero-order chi connectivity index (χ0) is 11.6. The Balaban J connectivity index is 2.20. The highest BCUT2D eigenvalue weighted by atomic mass is 19.4. The Kier molecular flexibility index (Phi) is 2.81. The minimum atomic E-state index is -4.12. The van der Waals surface area contributed by atoms with Crippen LogP contribution in [-0.4, -0.2) is 11.2 Å². The fraction of sp³-hybridized carbons (Fsp3) is 0.250. The highest BCUT2D eigenvalue weighted by Gasteiger charge is 2.26. The molecule has 16 heavy (non-hydrogen) atoms. The van der Waals surface area contributed by atoms with Crippen LogP contribution in [0.4, 0.5) is 13.2 Å². The van der Waals surface area contributed by atoms with Crippen molar-refractivity contribution in [3.05, 3.63) is 42.1 Å². The molecule has 0 unspecified atom stereocenters. The molecule has 0 bridgehead atoms. The van der Waals surface area contributed by atoms with E-state index >= 15 is 0 Å². The van der Waals surface area contributed by atoms with E-state index in [-0.39, 0.29) is 6.42 Å². The fourth-order valence-corrected chi connectivity index (χ4v) is 1.52. The number of benzene rings is 1. The molecule has 1 aromatic carbocycles. The molecule has 0 fully saturated rings. The number of aromatic nitrogens is 1. The van der Waals surface area contributed by atoms with Crippen LogP contribution in [0.25, 0.3) is 10.9 Å². The summed E-state index contributed by atoms with van der Waals surface area (Å²) < 4.78 is 36.1. The molecule has 0 atom stereocenters. The largest absolute Gasteiger partial charge is 0.389 e. The van der Waals surface area contributed by atoms with E-state index in [0.29, 0.717) is 5.69 Å². The van der Waals surface area contributed by atoms with Gasteiger partial charge in [-0.1, -0.05) is 24.3 Å². The number of halogens is 3. The van der Waals surface area contributed by atoms with E-state index in [1.54, 1.807) is 18.2 Å². The monoisotopic (exact) mass is 225 g/mol. The van der Waals surface area contributed by atoms with Crippen LogP contribution >= 0.6 is 0 Å². The van der Waals surface area contributed by atoms with Gasteiger partial charge in [-0.2, -0.15) is 13.2 Å². The molecule has 0 aliphatic heterocycles. The molecule has 84 valence electrons. The lowest BCUT2D eigenvalue weighted by Crippen LogP contribution is -2.09. The van der Waals surface area contributed by atoms with Gasteiger partial charge < -0.3 is 0 Å². The molecule has 2 rings (SSSR count). The number of rotatable bonds is 2. The number of aryl methyl sites for hydroxylation is 1. The Labute approximate surface area is 90.9 Å². The van der Waals surface area contributed by atoms with Crippen molar-refractivity contribution < 1.29 is 13.2 Å². The fourth-order valence-electron chi connectivity index (χ4n) is 1.52. The number of para-hydroxylation sites is 1. The molecule has 0 radical (unpaired) electrons. The molecule has 0 spiro atoms. The summed E-state index contributed by atoms with van der Waals surface area (Å²) in [7, 11) is 0. The average Bonchev–Trinajstić information content (AvgIpc) is 2.25. The molecule has 0 saturated heterocycles. The van der Waals surface area contributed by atoms with Gasteiger partial charge in [-0.25, -0.2) is 0 Å². The molecular weight excluding hydrogens is 215 g/mol. The topological polar surface area (TPSA) is 12.9 Å². The van der Waals surface area contributed by atoms with E-state index in [2.05, 4.69) is 4.98 Å². The van der Waals surface area contributed by atoms with Gasteiger partial charge in [0.2, 0.25) is 0 Å². The van der Waals surface area contributed by atoms with Crippen molar-refractivity contribution >= 4 is 10.9 Å². The summed E-state index contributed by atoms with van der Waals surface area (Å²) in [6, 6.07) is 10.8. The summed E-state index contributed by atoms with van der Waals surface area (Å²) in [6.45, 7) is 0. The van der Waals surface area contributed by atoms with Crippen LogP contribution in [-0.2, 0) is 6.42 Å². The number of nitrogens with zero attached hydrogens (tertiary/aromatic N) is 1. The standard InChI is InChI=1S/C12H10F3N/c13-12(14,15)8-7-10-6-5-9-3-1-2-4-11(9)16-10/h1-6H,7-8H2. The number of pyridine rings is 1. The minimum absolute atomic E-state index is 0.0612. The molecule has 0 aliphatic carbocycles. The van der Waals surface area contributed by atoms with Crippen molar-refractivity contribution in [3.8, 4) is 0 Å². The Morgan fingerprint density at radius 1 is 1.00 bits per heavy atom. The summed E-state index contributed by atoms with van der Waals surface area (Å²) >= 11 is 0. The lowest BCUT2D eigenvalue weighted by molar-refractivity contribution is -0.134. The molecule has 2 aromatic rings. The SMILES string of the molecule is FC(F)(F)CCc1ccc2ccccc2n1. The number of fused-ring (bicyclic) bond motifs is 1. The number of hydrogen-bond acceptors (Lipinski definition) is 1. The third-order valence-electron chi connectivity index (χ3n) is 2.32. The van der Waals surface area contributed by atoms with E-state index in [9.17, 15) is 13.2 Å². The maximum absolute atomic E-state index is 12.0. The van der Waals surface area contributed by atoms with Crippen LogP contribution in [0.15, 0.2) is 36.4 Å². The molecule has 0 N–H and O–H groups in total. The predicted octanol–water partition coefficient (Wildman–Crippen LogP) is 3.73. The van der Waals surface area contributed by atoms with Gasteiger partial charge in [0.25, 0.3) is 0 Å². The van der Waals surface area contributed by atoms with Gasteiger partial charge >= 0.3 is 6.18 Å². The lowest BCUT2D eigenvalue weighted by Gasteiger charge is -2.06. The van der Waals surface area contributed by atoms with Crippen molar-refractivity contribution in [1.82, 2.24) is 4.98 Å². The maximum Gasteiger partial charge on any atom is 0.389 e. The van der Waals surface area contributed by atoms with Gasteiger partial charge in [0.15, 0.2) is 0 Å². The first kappa shape index (κ1) is 10.9. The zero-order valence-electron chi connectivity index (χ0n) is 8.46. The van der Waals surface area contributed by atoms with E-state index in [4.69, 9.17) is 0 Å². The van der Waals surface area contributed by atoms with Gasteiger partial charge in [-0.3, -0.25) is 4.98 Å². The van der Waals surface area contributed by atoms with Crippen molar-refractivity contribution in [1.29, 1.82) is 0 Å². The summed E-state index contributed by atoms with van der Waals surface area (Å²) in [6.07, 6.45) is -5.00. The molecule has 0 aliphatic rings. The zero-order valence-corrected chi connectivity index (χ0v) is 8.46. The molecule has 1 heterocycles. The minimum Gasteiger partial charge on any atom is -0.253 e. The smallest absolute Gasteiger partial charge is 0.253 e. The Bertz CT molecular complexity index is 491. The summed E-state index contributed by atoms with van der Waals surface area (Å²) in [5.74, 6) is 0. The third kappa shape index (κ3) is 2.72. The second-order valence-electron chi connectivity index (χ2n) is 3.61. The van der Waals surface area contributed by atoms with Crippen molar-refractivity contribution in [2.45, 2.75) is 19.0 Å². The number of hydrogen-bond donors (Lipinski definition) is 0. The van der Waals surface area contributed by atoms with E-state index in [0.717, 1.165) is 10.9 Å². The van der Waals surface area contributed by atoms with Crippen LogP contribution in [0.1, 0.15) is 12.1 Å². The van der Waals surface area contributed by atoms with Crippen LogP contribution in [0.3, 0.4) is 0 Å². The van der Waals surface area contributed by atoms with Crippen LogP contribution < -0.4 is 0 Å². The normalized spacial score (nSPS) is 11.9. The summed E-state index contributed by atoms with van der Waals surface area (Å²) in [5, 5.41) is 0.943. The first-order valence-electron chi connectivity index (χ1n) is 4.96. The maximum atomic E-state index is 12.0. The molecular formula is C12H10F3N. The quantitative estimate of drug-likeness (QED) is 0.758. The van der Waals surface area contributed by atoms with Crippen molar-refractivity contribution in [3.63, 3.8) is 0 Å². The van der Waals surface area contributed by atoms with Crippen molar-refractivity contribution in [2.24, 2.45) is 0 Å². The molecule has 0 saturated carbocycles. The second-order valence-corrected chi connectivity index (χ2v) is 3.61. The van der Waals surface area contributed by atoms with E-state index in [1.807, 2.05) is 18.2 Å². The molecule has 4 heteroatoms. The highest BCUT2D eigenvalue weighted by Crippen LogP contribution is 2.22. The molecule has 1 nitrogen and oxygen atoms in total. The van der Waals surface area contributed by atoms with Crippen LogP contribution in [0.2, 0.25) is 0 Å². The Hall–Kier alpha value is -1.58. The number of alkyl halides is 3.